The Hall–Kier alpha value is -0.950. The lowest BCUT2D eigenvalue weighted by Crippen LogP contribution is -2.23. The van der Waals surface area contributed by atoms with E-state index in [0.29, 0.717) is 25.2 Å². The molecule has 0 aromatic carbocycles. The molecule has 0 bridgehead atoms. The van der Waals surface area contributed by atoms with Gasteiger partial charge < -0.3 is 5.11 Å². The van der Waals surface area contributed by atoms with Gasteiger partial charge in [-0.15, -0.1) is 0 Å². The number of hydrogen-bond donors (Lipinski definition) is 1. The SMILES string of the molecule is O=S1(=O)CCCC1c1nc2n(n1)CC(CO)CC2. The smallest absolute Gasteiger partial charge is 0.169 e. The third kappa shape index (κ3) is 1.95. The summed E-state index contributed by atoms with van der Waals surface area (Å²) in [5.41, 5.74) is 0. The summed E-state index contributed by atoms with van der Waals surface area (Å²) in [6.45, 7) is 0.794. The first-order valence-corrected chi connectivity index (χ1v) is 8.08. The molecule has 100 valence electrons. The van der Waals surface area contributed by atoms with Crippen LogP contribution in [0.25, 0.3) is 0 Å². The Labute approximate surface area is 106 Å². The third-order valence-corrected chi connectivity index (χ3v) is 6.02. The molecule has 1 saturated heterocycles. The van der Waals surface area contributed by atoms with E-state index in [4.69, 9.17) is 5.11 Å². The minimum absolute atomic E-state index is 0.149. The highest BCUT2D eigenvalue weighted by molar-refractivity contribution is 7.91. The second-order valence-corrected chi connectivity index (χ2v) is 7.46. The van der Waals surface area contributed by atoms with Crippen LogP contribution in [-0.2, 0) is 22.8 Å². The Morgan fingerprint density at radius 1 is 1.39 bits per heavy atom. The molecule has 1 aromatic heterocycles. The van der Waals surface area contributed by atoms with Gasteiger partial charge in [-0.1, -0.05) is 0 Å². The summed E-state index contributed by atoms with van der Waals surface area (Å²) in [7, 11) is -3.05. The highest BCUT2D eigenvalue weighted by Crippen LogP contribution is 2.33. The molecule has 18 heavy (non-hydrogen) atoms. The summed E-state index contributed by atoms with van der Waals surface area (Å²) in [6.07, 6.45) is 3.00. The number of aryl methyl sites for hydroxylation is 1. The summed E-state index contributed by atoms with van der Waals surface area (Å²) >= 11 is 0. The van der Waals surface area contributed by atoms with Gasteiger partial charge in [-0.25, -0.2) is 18.1 Å². The second kappa shape index (κ2) is 4.31. The van der Waals surface area contributed by atoms with E-state index in [9.17, 15) is 8.42 Å². The van der Waals surface area contributed by atoms with E-state index in [0.717, 1.165) is 18.7 Å². The number of fused-ring (bicyclic) bond motifs is 1. The van der Waals surface area contributed by atoms with Gasteiger partial charge in [0.25, 0.3) is 0 Å². The second-order valence-electron chi connectivity index (χ2n) is 5.15. The van der Waals surface area contributed by atoms with Crippen LogP contribution in [0, 0.1) is 5.92 Å². The van der Waals surface area contributed by atoms with E-state index < -0.39 is 15.1 Å². The van der Waals surface area contributed by atoms with E-state index in [1.807, 2.05) is 0 Å². The Balaban J connectivity index is 1.90. The van der Waals surface area contributed by atoms with Gasteiger partial charge in [0, 0.05) is 25.5 Å². The Morgan fingerprint density at radius 3 is 2.89 bits per heavy atom. The molecule has 2 aliphatic rings. The standard InChI is InChI=1S/C11H17N3O3S/c15-7-8-3-4-10-12-11(13-14(10)6-8)9-2-1-5-18(9,16)17/h8-9,15H,1-7H2. The van der Waals surface area contributed by atoms with Crippen LogP contribution in [0.1, 0.15) is 36.2 Å². The van der Waals surface area contributed by atoms with Crippen LogP contribution in [0.4, 0.5) is 0 Å². The molecule has 0 aliphatic carbocycles. The van der Waals surface area contributed by atoms with Gasteiger partial charge in [0.2, 0.25) is 0 Å². The normalized spacial score (nSPS) is 30.3. The Morgan fingerprint density at radius 2 is 2.22 bits per heavy atom. The molecule has 7 heteroatoms. The largest absolute Gasteiger partial charge is 0.396 e. The highest BCUT2D eigenvalue weighted by Gasteiger charge is 2.36. The number of hydrogen-bond acceptors (Lipinski definition) is 5. The van der Waals surface area contributed by atoms with Crippen LogP contribution >= 0.6 is 0 Å². The van der Waals surface area contributed by atoms with Crippen molar-refractivity contribution in [2.24, 2.45) is 5.92 Å². The molecule has 6 nitrogen and oxygen atoms in total. The van der Waals surface area contributed by atoms with Gasteiger partial charge in [0.15, 0.2) is 15.7 Å². The molecule has 1 fully saturated rings. The zero-order valence-corrected chi connectivity index (χ0v) is 10.9. The van der Waals surface area contributed by atoms with E-state index in [2.05, 4.69) is 10.1 Å². The van der Waals surface area contributed by atoms with Gasteiger partial charge in [0.1, 0.15) is 11.1 Å². The number of sulfone groups is 1. The molecule has 0 radical (unpaired) electrons. The predicted molar refractivity (Wildman–Crippen MR) is 64.7 cm³/mol. The number of nitrogens with zero attached hydrogens (tertiary/aromatic N) is 3. The van der Waals surface area contributed by atoms with E-state index >= 15 is 0 Å². The maximum atomic E-state index is 11.9. The third-order valence-electron chi connectivity index (χ3n) is 3.85. The fourth-order valence-electron chi connectivity index (χ4n) is 2.76. The zero-order chi connectivity index (χ0) is 12.8. The number of aliphatic hydroxyl groups excluding tert-OH is 1. The van der Waals surface area contributed by atoms with Gasteiger partial charge in [-0.3, -0.25) is 0 Å². The van der Waals surface area contributed by atoms with Crippen molar-refractivity contribution in [3.05, 3.63) is 11.6 Å². The van der Waals surface area contributed by atoms with Crippen LogP contribution < -0.4 is 0 Å². The molecule has 1 N–H and O–H groups in total. The predicted octanol–water partition coefficient (Wildman–Crippen LogP) is 0.0825. The summed E-state index contributed by atoms with van der Waals surface area (Å²) in [5, 5.41) is 13.0. The first kappa shape index (κ1) is 12.1. The van der Waals surface area contributed by atoms with Crippen molar-refractivity contribution in [3.8, 4) is 0 Å². The Kier molecular flexibility index (Phi) is 2.90. The van der Waals surface area contributed by atoms with Crippen molar-refractivity contribution in [1.82, 2.24) is 14.8 Å². The lowest BCUT2D eigenvalue weighted by molar-refractivity contribution is 0.185. The Bertz CT molecular complexity index is 552. The quantitative estimate of drug-likeness (QED) is 0.823. The van der Waals surface area contributed by atoms with Crippen molar-refractivity contribution < 1.29 is 13.5 Å². The summed E-state index contributed by atoms with van der Waals surface area (Å²) in [4.78, 5) is 4.39. The first-order chi connectivity index (χ1) is 8.60. The molecule has 3 heterocycles. The molecule has 0 saturated carbocycles. The van der Waals surface area contributed by atoms with Crippen molar-refractivity contribution in [2.75, 3.05) is 12.4 Å². The maximum absolute atomic E-state index is 11.9. The minimum atomic E-state index is -3.05. The molecule has 0 spiro atoms. The number of rotatable bonds is 2. The van der Waals surface area contributed by atoms with E-state index in [1.165, 1.54) is 0 Å². The number of aromatic nitrogens is 3. The van der Waals surface area contributed by atoms with Crippen molar-refractivity contribution in [2.45, 2.75) is 37.5 Å². The molecule has 3 rings (SSSR count). The monoisotopic (exact) mass is 271 g/mol. The molecule has 1 aromatic rings. The van der Waals surface area contributed by atoms with Gasteiger partial charge in [0.05, 0.1) is 5.75 Å². The fourth-order valence-corrected chi connectivity index (χ4v) is 4.56. The summed E-state index contributed by atoms with van der Waals surface area (Å²) in [6, 6.07) is 0. The van der Waals surface area contributed by atoms with Crippen LogP contribution in [0.2, 0.25) is 0 Å². The lowest BCUT2D eigenvalue weighted by Gasteiger charge is -2.19. The van der Waals surface area contributed by atoms with Crippen LogP contribution in [0.15, 0.2) is 0 Å². The molecule has 2 aliphatic heterocycles. The summed E-state index contributed by atoms with van der Waals surface area (Å²) in [5.74, 6) is 1.78. The van der Waals surface area contributed by atoms with Crippen LogP contribution in [0.3, 0.4) is 0 Å². The van der Waals surface area contributed by atoms with Gasteiger partial charge >= 0.3 is 0 Å². The number of aliphatic hydroxyl groups is 1. The van der Waals surface area contributed by atoms with Crippen LogP contribution in [0.5, 0.6) is 0 Å². The molecular weight excluding hydrogens is 254 g/mol. The molecule has 2 unspecified atom stereocenters. The molecular formula is C11H17N3O3S. The highest BCUT2D eigenvalue weighted by atomic mass is 32.2. The van der Waals surface area contributed by atoms with Crippen molar-refractivity contribution in [1.29, 1.82) is 0 Å². The summed E-state index contributed by atoms with van der Waals surface area (Å²) < 4.78 is 25.5. The van der Waals surface area contributed by atoms with Crippen molar-refractivity contribution >= 4 is 9.84 Å². The van der Waals surface area contributed by atoms with Gasteiger partial charge in [-0.05, 0) is 19.3 Å². The minimum Gasteiger partial charge on any atom is -0.396 e. The van der Waals surface area contributed by atoms with Crippen LogP contribution in [-0.4, -0.2) is 40.6 Å². The maximum Gasteiger partial charge on any atom is 0.169 e. The fraction of sp³-hybridized carbons (Fsp3) is 0.818. The first-order valence-electron chi connectivity index (χ1n) is 6.36. The molecule has 0 amide bonds. The topological polar surface area (TPSA) is 85.1 Å². The lowest BCUT2D eigenvalue weighted by atomic mass is 10.0. The van der Waals surface area contributed by atoms with E-state index in [1.54, 1.807) is 4.68 Å². The molecule has 2 atom stereocenters. The average Bonchev–Trinajstić information content (AvgIpc) is 2.90. The van der Waals surface area contributed by atoms with Gasteiger partial charge in [-0.2, -0.15) is 5.10 Å². The zero-order valence-electron chi connectivity index (χ0n) is 10.1. The average molecular weight is 271 g/mol. The van der Waals surface area contributed by atoms with E-state index in [-0.39, 0.29) is 18.3 Å². The van der Waals surface area contributed by atoms with Crippen molar-refractivity contribution in [3.63, 3.8) is 0 Å².